The topological polar surface area (TPSA) is 174 Å². The molecule has 1 aromatic heterocycles. The third-order valence-corrected chi connectivity index (χ3v) is 6.20. The van der Waals surface area contributed by atoms with Gasteiger partial charge >= 0.3 is 18.6 Å². The van der Waals surface area contributed by atoms with E-state index in [-0.39, 0.29) is 34.5 Å². The van der Waals surface area contributed by atoms with Crippen LogP contribution in [0.5, 0.6) is 0 Å². The Labute approximate surface area is 186 Å². The lowest BCUT2D eigenvalue weighted by atomic mass is 10.0. The lowest BCUT2D eigenvalue weighted by Crippen LogP contribution is -2.71. The average Bonchev–Trinajstić information content (AvgIpc) is 3.15. The minimum absolute atomic E-state index is 0.0443. The van der Waals surface area contributed by atoms with Gasteiger partial charge in [-0.25, -0.2) is 9.78 Å². The van der Waals surface area contributed by atoms with Crippen molar-refractivity contribution >= 4 is 57.7 Å². The molecule has 3 rings (SSSR count). The fourth-order valence-electron chi connectivity index (χ4n) is 2.89. The first kappa shape index (κ1) is 23.4. The Morgan fingerprint density at radius 3 is 2.75 bits per heavy atom. The Hall–Kier alpha value is -3.27. The van der Waals surface area contributed by atoms with Gasteiger partial charge in [-0.05, 0) is 0 Å². The number of alkyl halides is 2. The van der Waals surface area contributed by atoms with E-state index < -0.39 is 47.5 Å². The summed E-state index contributed by atoms with van der Waals surface area (Å²) in [5.74, 6) is -3.69. The summed E-state index contributed by atoms with van der Waals surface area (Å²) in [6, 6.07) is -1.16. The summed E-state index contributed by atoms with van der Waals surface area (Å²) in [6.07, 6.45) is 0. The number of hydrogen-bond donors (Lipinski definition) is 3. The number of carbonyl (C=O) groups is 4. The molecule has 0 aromatic carbocycles. The van der Waals surface area contributed by atoms with Crippen molar-refractivity contribution < 1.29 is 42.6 Å². The highest BCUT2D eigenvalue weighted by atomic mass is 32.2. The van der Waals surface area contributed by atoms with Gasteiger partial charge in [0.05, 0.1) is 0 Å². The molecule has 0 radical (unpaired) electrons. The highest BCUT2D eigenvalue weighted by Gasteiger charge is 2.54. The number of nitrogens with two attached hydrogens (primary N) is 1. The van der Waals surface area contributed by atoms with E-state index in [9.17, 15) is 33.1 Å². The maximum Gasteiger partial charge on any atom is 0.407 e. The molecule has 16 heteroatoms. The SMILES string of the molecule is CC(=O)OCC1=C(C(=O)O)N2C(=O)C(NC(=O)C(=NOC(F)F)c3csc(N)n3)[C@@H]2SC1. The summed E-state index contributed by atoms with van der Waals surface area (Å²) in [4.78, 5) is 56.6. The van der Waals surface area contributed by atoms with Gasteiger partial charge in [-0.15, -0.1) is 23.1 Å². The molecule has 0 bridgehead atoms. The molecule has 2 aliphatic rings. The highest BCUT2D eigenvalue weighted by Crippen LogP contribution is 2.40. The number of nitrogens with zero attached hydrogens (tertiary/aromatic N) is 3. The monoisotopic (exact) mass is 491 g/mol. The summed E-state index contributed by atoms with van der Waals surface area (Å²) >= 11 is 2.06. The van der Waals surface area contributed by atoms with Crippen molar-refractivity contribution in [3.8, 4) is 0 Å². The van der Waals surface area contributed by atoms with Crippen LogP contribution in [0.4, 0.5) is 13.9 Å². The fourth-order valence-corrected chi connectivity index (χ4v) is 4.76. The van der Waals surface area contributed by atoms with Crippen LogP contribution < -0.4 is 11.1 Å². The van der Waals surface area contributed by atoms with Crippen molar-refractivity contribution in [2.45, 2.75) is 25.0 Å². The maximum atomic E-state index is 12.6. The minimum atomic E-state index is -3.30. The number of nitrogens with one attached hydrogen (secondary N) is 1. The molecule has 0 spiro atoms. The van der Waals surface area contributed by atoms with Gasteiger partial charge in [-0.3, -0.25) is 19.3 Å². The third-order valence-electron chi connectivity index (χ3n) is 4.19. The molecule has 4 N–H and O–H groups in total. The quantitative estimate of drug-likeness (QED) is 0.194. The van der Waals surface area contributed by atoms with Crippen molar-refractivity contribution in [3.05, 3.63) is 22.3 Å². The van der Waals surface area contributed by atoms with E-state index in [1.807, 2.05) is 0 Å². The first-order valence-electron chi connectivity index (χ1n) is 8.67. The lowest BCUT2D eigenvalue weighted by Gasteiger charge is -2.49. The number of fused-ring (bicyclic) bond motifs is 1. The van der Waals surface area contributed by atoms with Crippen LogP contribution in [0.15, 0.2) is 21.8 Å². The number of hydrogen-bond acceptors (Lipinski definition) is 11. The van der Waals surface area contributed by atoms with Gasteiger partial charge in [0.2, 0.25) is 0 Å². The number of halogens is 2. The van der Waals surface area contributed by atoms with Crippen LogP contribution in [0.2, 0.25) is 0 Å². The van der Waals surface area contributed by atoms with E-state index in [1.165, 1.54) is 5.38 Å². The van der Waals surface area contributed by atoms with Crippen molar-refractivity contribution in [1.82, 2.24) is 15.2 Å². The molecule has 2 aliphatic heterocycles. The van der Waals surface area contributed by atoms with E-state index in [0.717, 1.165) is 34.9 Å². The predicted molar refractivity (Wildman–Crippen MR) is 106 cm³/mol. The van der Waals surface area contributed by atoms with Crippen LogP contribution in [0.25, 0.3) is 0 Å². The van der Waals surface area contributed by atoms with Crippen LogP contribution >= 0.6 is 23.1 Å². The van der Waals surface area contributed by atoms with Gasteiger partial charge < -0.3 is 25.7 Å². The van der Waals surface area contributed by atoms with Crippen molar-refractivity contribution in [3.63, 3.8) is 0 Å². The Bertz CT molecular complexity index is 1030. The number of nitrogen functional groups attached to an aromatic ring is 1. The zero-order chi connectivity index (χ0) is 23.6. The molecule has 2 atom stereocenters. The number of oxime groups is 1. The van der Waals surface area contributed by atoms with E-state index in [1.54, 1.807) is 0 Å². The number of β-lactam (4-membered cyclic amide) rings is 1. The lowest BCUT2D eigenvalue weighted by molar-refractivity contribution is -0.150. The number of anilines is 1. The Balaban J connectivity index is 1.78. The number of thioether (sulfide) groups is 1. The van der Waals surface area contributed by atoms with Gasteiger partial charge in [0.25, 0.3) is 11.8 Å². The first-order valence-corrected chi connectivity index (χ1v) is 10.6. The summed E-state index contributed by atoms with van der Waals surface area (Å²) in [7, 11) is 0. The molecule has 1 saturated heterocycles. The Kier molecular flexibility index (Phi) is 6.93. The van der Waals surface area contributed by atoms with Gasteiger partial charge in [-0.2, -0.15) is 8.78 Å². The third kappa shape index (κ3) is 4.80. The number of thiazole rings is 1. The standard InChI is InChI=1S/C16H15F2N5O7S2/c1-5(24)29-2-6-3-31-13-9(12(26)23(13)10(6)14(27)28)21-11(25)8(22-30-15(17)18)7-4-32-16(19)20-7/h4,9,13,15H,2-3H2,1H3,(H2,19,20)(H,21,25)(H,27,28)/t9?,13-/m0/s1. The second-order valence-corrected chi connectivity index (χ2v) is 8.27. The van der Waals surface area contributed by atoms with Gasteiger partial charge in [0.1, 0.15) is 29.4 Å². The molecule has 1 unspecified atom stereocenters. The van der Waals surface area contributed by atoms with Crippen molar-refractivity contribution in [2.24, 2.45) is 5.16 Å². The van der Waals surface area contributed by atoms with Crippen LogP contribution in [0.3, 0.4) is 0 Å². The van der Waals surface area contributed by atoms with Crippen LogP contribution in [-0.4, -0.2) is 74.8 Å². The van der Waals surface area contributed by atoms with Crippen LogP contribution in [0.1, 0.15) is 12.6 Å². The number of rotatable bonds is 8. The van der Waals surface area contributed by atoms with E-state index >= 15 is 0 Å². The number of esters is 1. The average molecular weight is 491 g/mol. The summed E-state index contributed by atoms with van der Waals surface area (Å²) in [6.45, 7) is -2.44. The molecule has 32 heavy (non-hydrogen) atoms. The van der Waals surface area contributed by atoms with E-state index in [4.69, 9.17) is 10.5 Å². The zero-order valence-corrected chi connectivity index (χ0v) is 17.7. The summed E-state index contributed by atoms with van der Waals surface area (Å²) in [5, 5.41) is 15.5. The molecular formula is C16H15F2N5O7S2. The van der Waals surface area contributed by atoms with Gasteiger partial charge in [-0.1, -0.05) is 5.16 Å². The van der Waals surface area contributed by atoms with Crippen LogP contribution in [0, 0.1) is 0 Å². The number of aliphatic carboxylic acids is 1. The van der Waals surface area contributed by atoms with E-state index in [2.05, 4.69) is 20.3 Å². The predicted octanol–water partition coefficient (Wildman–Crippen LogP) is -0.0297. The second-order valence-electron chi connectivity index (χ2n) is 6.28. The number of aromatic nitrogens is 1. The normalized spacial score (nSPS) is 20.6. The first-order chi connectivity index (χ1) is 15.1. The van der Waals surface area contributed by atoms with Crippen molar-refractivity contribution in [1.29, 1.82) is 0 Å². The second kappa shape index (κ2) is 9.47. The summed E-state index contributed by atoms with van der Waals surface area (Å²) < 4.78 is 29.7. The zero-order valence-electron chi connectivity index (χ0n) is 16.1. The number of ether oxygens (including phenoxy) is 1. The highest BCUT2D eigenvalue weighted by molar-refractivity contribution is 8.00. The molecule has 1 aromatic rings. The molecular weight excluding hydrogens is 476 g/mol. The smallest absolute Gasteiger partial charge is 0.407 e. The molecule has 0 aliphatic carbocycles. The number of carboxylic acid groups (broad SMARTS) is 1. The van der Waals surface area contributed by atoms with Crippen LogP contribution in [-0.2, 0) is 28.8 Å². The van der Waals surface area contributed by atoms with Gasteiger partial charge in [0, 0.05) is 23.6 Å². The van der Waals surface area contributed by atoms with E-state index in [0.29, 0.717) is 0 Å². The molecule has 0 saturated carbocycles. The molecule has 1 fully saturated rings. The maximum absolute atomic E-state index is 12.6. The van der Waals surface area contributed by atoms with Gasteiger partial charge in [0.15, 0.2) is 10.8 Å². The number of amides is 2. The molecule has 3 heterocycles. The van der Waals surface area contributed by atoms with Crippen molar-refractivity contribution in [2.75, 3.05) is 18.1 Å². The molecule has 2 amide bonds. The molecule has 12 nitrogen and oxygen atoms in total. The molecule has 172 valence electrons. The number of carboxylic acids is 1. The number of carbonyl (C=O) groups excluding carboxylic acids is 3. The minimum Gasteiger partial charge on any atom is -0.477 e. The Morgan fingerprint density at radius 2 is 2.19 bits per heavy atom. The fraction of sp³-hybridized carbons (Fsp3) is 0.375. The Morgan fingerprint density at radius 1 is 1.47 bits per heavy atom. The summed E-state index contributed by atoms with van der Waals surface area (Å²) in [5.41, 5.74) is 4.61. The largest absolute Gasteiger partial charge is 0.477 e.